The van der Waals surface area contributed by atoms with Gasteiger partial charge >= 0.3 is 6.09 Å². The summed E-state index contributed by atoms with van der Waals surface area (Å²) in [6.45, 7) is 2.63. The van der Waals surface area contributed by atoms with Crippen molar-refractivity contribution in [1.29, 1.82) is 0 Å². The Morgan fingerprint density at radius 2 is 2.18 bits per heavy atom. The number of benzene rings is 1. The molecular weight excluding hydrogens is 216 g/mol. The van der Waals surface area contributed by atoms with Crippen LogP contribution in [0.2, 0.25) is 0 Å². The fraction of sp³-hybridized carbons (Fsp3) is 0.462. The minimum atomic E-state index is -0.837. The zero-order valence-corrected chi connectivity index (χ0v) is 10.2. The van der Waals surface area contributed by atoms with Crippen molar-refractivity contribution in [3.8, 4) is 0 Å². The molecule has 4 heteroatoms. The van der Waals surface area contributed by atoms with Gasteiger partial charge in [-0.3, -0.25) is 4.90 Å². The number of rotatable bonds is 2. The fourth-order valence-corrected chi connectivity index (χ4v) is 2.61. The van der Waals surface area contributed by atoms with Crippen LogP contribution in [0.5, 0.6) is 0 Å². The standard InChI is InChI=1S/C13H18N2O2/c1-9-5-3-4-6-10(9)12-11(14-2)7-8-15(12)13(16)17/h3-6,11-12,14H,7-8H2,1-2H3,(H,16,17)/t11-,12+/m1/s1. The lowest BCUT2D eigenvalue weighted by molar-refractivity contribution is 0.137. The molecule has 1 aliphatic rings. The van der Waals surface area contributed by atoms with Gasteiger partial charge in [-0.2, -0.15) is 0 Å². The normalized spacial score (nSPS) is 24.0. The topological polar surface area (TPSA) is 52.6 Å². The summed E-state index contributed by atoms with van der Waals surface area (Å²) >= 11 is 0. The van der Waals surface area contributed by atoms with Crippen LogP contribution in [0.3, 0.4) is 0 Å². The number of carbonyl (C=O) groups is 1. The van der Waals surface area contributed by atoms with Crippen LogP contribution in [-0.2, 0) is 0 Å². The van der Waals surface area contributed by atoms with Gasteiger partial charge in [0.2, 0.25) is 0 Å². The molecule has 1 saturated heterocycles. The second-order valence-electron chi connectivity index (χ2n) is 4.46. The number of hydrogen-bond donors (Lipinski definition) is 2. The highest BCUT2D eigenvalue weighted by Crippen LogP contribution is 2.33. The highest BCUT2D eigenvalue weighted by Gasteiger charge is 2.37. The molecule has 1 amide bonds. The van der Waals surface area contributed by atoms with Crippen molar-refractivity contribution in [2.75, 3.05) is 13.6 Å². The van der Waals surface area contributed by atoms with Gasteiger partial charge in [0.05, 0.1) is 6.04 Å². The van der Waals surface area contributed by atoms with E-state index in [9.17, 15) is 9.90 Å². The number of carboxylic acid groups (broad SMARTS) is 1. The molecule has 1 aromatic rings. The van der Waals surface area contributed by atoms with Gasteiger partial charge in [-0.25, -0.2) is 4.79 Å². The Hall–Kier alpha value is -1.55. The Balaban J connectivity index is 2.38. The first-order valence-corrected chi connectivity index (χ1v) is 5.87. The van der Waals surface area contributed by atoms with Gasteiger partial charge < -0.3 is 10.4 Å². The molecule has 0 radical (unpaired) electrons. The highest BCUT2D eigenvalue weighted by atomic mass is 16.4. The highest BCUT2D eigenvalue weighted by molar-refractivity contribution is 5.66. The zero-order chi connectivity index (χ0) is 12.4. The first-order valence-electron chi connectivity index (χ1n) is 5.87. The van der Waals surface area contributed by atoms with Crippen LogP contribution in [0.4, 0.5) is 4.79 Å². The van der Waals surface area contributed by atoms with Gasteiger partial charge in [-0.1, -0.05) is 24.3 Å². The van der Waals surface area contributed by atoms with E-state index < -0.39 is 6.09 Å². The van der Waals surface area contributed by atoms with Gasteiger partial charge in [-0.15, -0.1) is 0 Å². The van der Waals surface area contributed by atoms with E-state index in [1.807, 2.05) is 38.2 Å². The number of hydrogen-bond acceptors (Lipinski definition) is 2. The molecule has 0 unspecified atom stereocenters. The summed E-state index contributed by atoms with van der Waals surface area (Å²) in [7, 11) is 1.89. The molecule has 0 spiro atoms. The van der Waals surface area contributed by atoms with E-state index in [1.165, 1.54) is 4.90 Å². The molecule has 1 fully saturated rings. The Morgan fingerprint density at radius 3 is 2.76 bits per heavy atom. The molecule has 0 saturated carbocycles. The summed E-state index contributed by atoms with van der Waals surface area (Å²) in [5.41, 5.74) is 2.25. The lowest BCUT2D eigenvalue weighted by atomic mass is 9.96. The molecule has 2 atom stereocenters. The first kappa shape index (κ1) is 11.9. The SMILES string of the molecule is CN[C@@H]1CCN(C(=O)O)[C@H]1c1ccccc1C. The van der Waals surface area contributed by atoms with Crippen LogP contribution in [0, 0.1) is 6.92 Å². The van der Waals surface area contributed by atoms with E-state index in [1.54, 1.807) is 0 Å². The van der Waals surface area contributed by atoms with E-state index in [-0.39, 0.29) is 12.1 Å². The smallest absolute Gasteiger partial charge is 0.407 e. The molecule has 0 aliphatic carbocycles. The lowest BCUT2D eigenvalue weighted by Crippen LogP contribution is -2.36. The van der Waals surface area contributed by atoms with E-state index in [2.05, 4.69) is 5.32 Å². The van der Waals surface area contributed by atoms with Gasteiger partial charge in [0.25, 0.3) is 0 Å². The molecule has 17 heavy (non-hydrogen) atoms. The van der Waals surface area contributed by atoms with Crippen molar-refractivity contribution in [2.45, 2.75) is 25.4 Å². The molecule has 2 rings (SSSR count). The number of likely N-dealkylation sites (tertiary alicyclic amines) is 1. The third-order valence-corrected chi connectivity index (χ3v) is 3.52. The minimum Gasteiger partial charge on any atom is -0.465 e. The maximum absolute atomic E-state index is 11.3. The summed E-state index contributed by atoms with van der Waals surface area (Å²) < 4.78 is 0. The predicted molar refractivity (Wildman–Crippen MR) is 66.1 cm³/mol. The number of nitrogens with one attached hydrogen (secondary N) is 1. The van der Waals surface area contributed by atoms with E-state index in [0.717, 1.165) is 17.5 Å². The zero-order valence-electron chi connectivity index (χ0n) is 10.2. The Labute approximate surface area is 101 Å². The molecule has 92 valence electrons. The molecular formula is C13H18N2O2. The molecule has 1 heterocycles. The monoisotopic (exact) mass is 234 g/mol. The number of amides is 1. The van der Waals surface area contributed by atoms with Crippen LogP contribution in [0.1, 0.15) is 23.6 Å². The van der Waals surface area contributed by atoms with Crippen LogP contribution >= 0.6 is 0 Å². The quantitative estimate of drug-likeness (QED) is 0.823. The van der Waals surface area contributed by atoms with Crippen molar-refractivity contribution in [3.05, 3.63) is 35.4 Å². The average molecular weight is 234 g/mol. The van der Waals surface area contributed by atoms with Crippen LogP contribution < -0.4 is 5.32 Å². The van der Waals surface area contributed by atoms with E-state index >= 15 is 0 Å². The number of likely N-dealkylation sites (N-methyl/N-ethyl adjacent to an activating group) is 1. The largest absolute Gasteiger partial charge is 0.465 e. The molecule has 1 aliphatic heterocycles. The van der Waals surface area contributed by atoms with Gasteiger partial charge in [-0.05, 0) is 31.5 Å². The van der Waals surface area contributed by atoms with Gasteiger partial charge in [0, 0.05) is 12.6 Å². The summed E-state index contributed by atoms with van der Waals surface area (Å²) in [6, 6.07) is 8.12. The molecule has 0 bridgehead atoms. The summed E-state index contributed by atoms with van der Waals surface area (Å²) in [4.78, 5) is 12.8. The second-order valence-corrected chi connectivity index (χ2v) is 4.46. The Morgan fingerprint density at radius 1 is 1.47 bits per heavy atom. The Bertz CT molecular complexity index is 420. The van der Waals surface area contributed by atoms with Gasteiger partial charge in [0.1, 0.15) is 0 Å². The number of nitrogens with zero attached hydrogens (tertiary/aromatic N) is 1. The third-order valence-electron chi connectivity index (χ3n) is 3.52. The molecule has 4 nitrogen and oxygen atoms in total. The minimum absolute atomic E-state index is 0.0706. The maximum Gasteiger partial charge on any atom is 0.407 e. The van der Waals surface area contributed by atoms with Crippen molar-refractivity contribution in [1.82, 2.24) is 10.2 Å². The third kappa shape index (κ3) is 2.13. The maximum atomic E-state index is 11.3. The molecule has 0 aromatic heterocycles. The predicted octanol–water partition coefficient (Wildman–Crippen LogP) is 2.01. The summed E-state index contributed by atoms with van der Waals surface area (Å²) in [5, 5.41) is 12.5. The molecule has 2 N–H and O–H groups in total. The van der Waals surface area contributed by atoms with Crippen molar-refractivity contribution in [2.24, 2.45) is 0 Å². The van der Waals surface area contributed by atoms with Crippen molar-refractivity contribution >= 4 is 6.09 Å². The van der Waals surface area contributed by atoms with E-state index in [4.69, 9.17) is 0 Å². The van der Waals surface area contributed by atoms with Crippen LogP contribution in [0.15, 0.2) is 24.3 Å². The number of aryl methyl sites for hydroxylation is 1. The Kier molecular flexibility index (Phi) is 3.33. The molecule has 1 aromatic carbocycles. The second kappa shape index (κ2) is 4.75. The lowest BCUT2D eigenvalue weighted by Gasteiger charge is -2.27. The van der Waals surface area contributed by atoms with E-state index in [0.29, 0.717) is 6.54 Å². The van der Waals surface area contributed by atoms with Crippen molar-refractivity contribution < 1.29 is 9.90 Å². The van der Waals surface area contributed by atoms with Crippen LogP contribution in [-0.4, -0.2) is 35.7 Å². The average Bonchev–Trinajstić information content (AvgIpc) is 2.73. The first-order chi connectivity index (χ1) is 8.15. The van der Waals surface area contributed by atoms with Crippen LogP contribution in [0.25, 0.3) is 0 Å². The summed E-state index contributed by atoms with van der Waals surface area (Å²) in [6.07, 6.45) is 0.0259. The summed E-state index contributed by atoms with van der Waals surface area (Å²) in [5.74, 6) is 0. The van der Waals surface area contributed by atoms with Gasteiger partial charge in [0.15, 0.2) is 0 Å². The van der Waals surface area contributed by atoms with Crippen molar-refractivity contribution in [3.63, 3.8) is 0 Å². The fourth-order valence-electron chi connectivity index (χ4n) is 2.61.